The Bertz CT molecular complexity index is 389. The maximum absolute atomic E-state index is 12.5. The summed E-state index contributed by atoms with van der Waals surface area (Å²) >= 11 is -2.51. The third-order valence-electron chi connectivity index (χ3n) is 1.30. The lowest BCUT2D eigenvalue weighted by molar-refractivity contribution is 0.542. The maximum Gasteiger partial charge on any atom is 0.124 e. The highest BCUT2D eigenvalue weighted by Crippen LogP contribution is 2.15. The van der Waals surface area contributed by atoms with Crippen LogP contribution in [0.2, 0.25) is 0 Å². The van der Waals surface area contributed by atoms with Gasteiger partial charge in [0.15, 0.2) is 0 Å². The first-order valence-corrected chi connectivity index (χ1v) is 4.26. The van der Waals surface area contributed by atoms with Gasteiger partial charge in [0.2, 0.25) is 0 Å². The van der Waals surface area contributed by atoms with Crippen molar-refractivity contribution in [2.24, 2.45) is 0 Å². The van der Waals surface area contributed by atoms with Gasteiger partial charge in [0.05, 0.1) is 11.3 Å². The summed E-state index contributed by atoms with van der Waals surface area (Å²) in [7, 11) is 0. The fourth-order valence-electron chi connectivity index (χ4n) is 0.788. The van der Waals surface area contributed by atoms with Crippen molar-refractivity contribution < 1.29 is 13.2 Å². The summed E-state index contributed by atoms with van der Waals surface area (Å²) in [5.41, 5.74) is 0.0152. The molecule has 0 heterocycles. The molecule has 0 bridgehead atoms. The van der Waals surface area contributed by atoms with Crippen LogP contribution in [0.5, 0.6) is 0 Å². The number of nitrogens with one attached hydrogen (secondary N) is 1. The number of rotatable bonds is 2. The quantitative estimate of drug-likeness (QED) is 0.719. The summed E-state index contributed by atoms with van der Waals surface area (Å²) < 4.78 is 34.9. The van der Waals surface area contributed by atoms with Crippen LogP contribution < -0.4 is 4.72 Å². The Hall–Kier alpha value is -1.45. The van der Waals surface area contributed by atoms with E-state index in [0.717, 1.165) is 12.1 Å². The van der Waals surface area contributed by atoms with Gasteiger partial charge < -0.3 is 9.27 Å². The molecule has 0 aliphatic heterocycles. The van der Waals surface area contributed by atoms with Crippen LogP contribution in [0, 0.1) is 17.1 Å². The van der Waals surface area contributed by atoms with Crippen molar-refractivity contribution in [1.82, 2.24) is 0 Å². The van der Waals surface area contributed by atoms with Crippen molar-refractivity contribution in [3.05, 3.63) is 29.6 Å². The van der Waals surface area contributed by atoms with Crippen LogP contribution in [-0.4, -0.2) is 8.76 Å². The van der Waals surface area contributed by atoms with Crippen molar-refractivity contribution in [2.45, 2.75) is 0 Å². The van der Waals surface area contributed by atoms with Crippen molar-refractivity contribution in [1.29, 1.82) is 5.26 Å². The number of nitriles is 1. The molecule has 6 heteroatoms. The normalized spacial score (nSPS) is 11.8. The molecule has 1 atom stereocenters. The number of benzene rings is 1. The molecule has 0 fully saturated rings. The number of nitrogens with zero attached hydrogens (tertiary/aromatic N) is 1. The van der Waals surface area contributed by atoms with Gasteiger partial charge in [0, 0.05) is 11.3 Å². The van der Waals surface area contributed by atoms with Gasteiger partial charge in [-0.1, -0.05) is 0 Å². The smallest absolute Gasteiger partial charge is 0.124 e. The molecule has 0 saturated carbocycles. The Morgan fingerprint density at radius 2 is 2.31 bits per heavy atom. The zero-order valence-corrected chi connectivity index (χ0v) is 7.10. The lowest BCUT2D eigenvalue weighted by Crippen LogP contribution is -2.04. The van der Waals surface area contributed by atoms with Crippen LogP contribution in [0.25, 0.3) is 0 Å². The van der Waals surface area contributed by atoms with E-state index in [1.165, 1.54) is 6.07 Å². The van der Waals surface area contributed by atoms with Crippen molar-refractivity contribution >= 4 is 17.0 Å². The second-order valence-corrected chi connectivity index (χ2v) is 2.81. The molecule has 0 amide bonds. The molecule has 1 aromatic rings. The zero-order chi connectivity index (χ0) is 9.84. The second kappa shape index (κ2) is 3.98. The first-order chi connectivity index (χ1) is 6.13. The van der Waals surface area contributed by atoms with Crippen molar-refractivity contribution in [3.8, 4) is 6.07 Å². The molecule has 13 heavy (non-hydrogen) atoms. The molecule has 4 nitrogen and oxygen atoms in total. The molecule has 0 aliphatic carbocycles. The Balaban J connectivity index is 3.08. The topological polar surface area (TPSA) is 76.0 Å². The van der Waals surface area contributed by atoms with Gasteiger partial charge in [-0.2, -0.15) is 5.26 Å². The SMILES string of the molecule is N#Cc1cc(F)ccc1NS(=O)[O-]. The van der Waals surface area contributed by atoms with Gasteiger partial charge in [-0.3, -0.25) is 4.21 Å². The van der Waals surface area contributed by atoms with E-state index in [1.807, 2.05) is 4.72 Å². The molecule has 0 radical (unpaired) electrons. The van der Waals surface area contributed by atoms with Gasteiger partial charge in [-0.15, -0.1) is 0 Å². The van der Waals surface area contributed by atoms with Gasteiger partial charge in [0.1, 0.15) is 11.9 Å². The van der Waals surface area contributed by atoms with Crippen LogP contribution in [0.15, 0.2) is 18.2 Å². The lowest BCUT2D eigenvalue weighted by Gasteiger charge is -2.09. The van der Waals surface area contributed by atoms with Crippen molar-refractivity contribution in [2.75, 3.05) is 4.72 Å². The highest BCUT2D eigenvalue weighted by molar-refractivity contribution is 7.80. The van der Waals surface area contributed by atoms with E-state index >= 15 is 0 Å². The van der Waals surface area contributed by atoms with Crippen LogP contribution in [0.1, 0.15) is 5.56 Å². The van der Waals surface area contributed by atoms with Gasteiger partial charge >= 0.3 is 0 Å². The minimum atomic E-state index is -2.51. The van der Waals surface area contributed by atoms with Crippen molar-refractivity contribution in [3.63, 3.8) is 0 Å². The standard InChI is InChI=1S/C7H5FN2O2S/c8-6-1-2-7(10-13(11)12)5(3-6)4-9/h1-3,10H,(H,11,12)/p-1. The largest absolute Gasteiger partial charge is 0.755 e. The molecule has 0 aromatic heterocycles. The van der Waals surface area contributed by atoms with Crippen LogP contribution in [-0.2, 0) is 11.3 Å². The first-order valence-electron chi connectivity index (χ1n) is 3.19. The Morgan fingerprint density at radius 3 is 2.85 bits per heavy atom. The Labute approximate surface area is 76.4 Å². The Kier molecular flexibility index (Phi) is 2.95. The summed E-state index contributed by atoms with van der Waals surface area (Å²) in [6.45, 7) is 0. The summed E-state index contributed by atoms with van der Waals surface area (Å²) in [5, 5.41) is 8.50. The number of hydrogen-bond donors (Lipinski definition) is 1. The molecule has 1 rings (SSSR count). The molecule has 0 spiro atoms. The second-order valence-electron chi connectivity index (χ2n) is 2.14. The molecule has 1 aromatic carbocycles. The average molecular weight is 199 g/mol. The van der Waals surface area contributed by atoms with Gasteiger partial charge in [-0.05, 0) is 18.2 Å². The lowest BCUT2D eigenvalue weighted by atomic mass is 10.2. The molecule has 1 unspecified atom stereocenters. The first kappa shape index (κ1) is 9.64. The van der Waals surface area contributed by atoms with Crippen LogP contribution in [0.3, 0.4) is 0 Å². The number of anilines is 1. The minimum Gasteiger partial charge on any atom is -0.755 e. The molecular weight excluding hydrogens is 195 g/mol. The monoisotopic (exact) mass is 199 g/mol. The summed E-state index contributed by atoms with van der Waals surface area (Å²) in [5.74, 6) is -0.584. The highest BCUT2D eigenvalue weighted by atomic mass is 32.2. The zero-order valence-electron chi connectivity index (χ0n) is 6.28. The van der Waals surface area contributed by atoms with E-state index < -0.39 is 17.1 Å². The molecular formula is C7H4FN2O2S-. The molecule has 0 aliphatic rings. The fourth-order valence-corrected chi connectivity index (χ4v) is 1.15. The van der Waals surface area contributed by atoms with Crippen LogP contribution >= 0.6 is 0 Å². The molecule has 0 saturated heterocycles. The van der Waals surface area contributed by atoms with Gasteiger partial charge in [-0.25, -0.2) is 4.39 Å². The third-order valence-corrected chi connectivity index (χ3v) is 1.68. The van der Waals surface area contributed by atoms with E-state index in [2.05, 4.69) is 0 Å². The number of halogens is 1. The van der Waals surface area contributed by atoms with E-state index in [-0.39, 0.29) is 11.3 Å². The van der Waals surface area contributed by atoms with E-state index in [1.54, 1.807) is 6.07 Å². The van der Waals surface area contributed by atoms with E-state index in [9.17, 15) is 13.2 Å². The molecule has 68 valence electrons. The average Bonchev–Trinajstić information content (AvgIpc) is 2.07. The van der Waals surface area contributed by atoms with E-state index in [0.29, 0.717) is 0 Å². The maximum atomic E-state index is 12.5. The van der Waals surface area contributed by atoms with E-state index in [4.69, 9.17) is 5.26 Å². The minimum absolute atomic E-state index is 0.0517. The Morgan fingerprint density at radius 1 is 1.62 bits per heavy atom. The predicted molar refractivity (Wildman–Crippen MR) is 43.7 cm³/mol. The highest BCUT2D eigenvalue weighted by Gasteiger charge is 2.02. The summed E-state index contributed by atoms with van der Waals surface area (Å²) in [6.07, 6.45) is 0. The predicted octanol–water partition coefficient (Wildman–Crippen LogP) is 0.903. The van der Waals surface area contributed by atoms with Gasteiger partial charge in [0.25, 0.3) is 0 Å². The van der Waals surface area contributed by atoms with Crippen LogP contribution in [0.4, 0.5) is 10.1 Å². The number of hydrogen-bond acceptors (Lipinski definition) is 3. The molecule has 1 N–H and O–H groups in total. The third kappa shape index (κ3) is 2.50. The summed E-state index contributed by atoms with van der Waals surface area (Å²) in [4.78, 5) is 0. The fraction of sp³-hybridized carbons (Fsp3) is 0. The summed E-state index contributed by atoms with van der Waals surface area (Å²) in [6, 6.07) is 4.87.